The molecule has 4 heterocycles. The zero-order valence-electron chi connectivity index (χ0n) is 19.6. The maximum atomic E-state index is 15.6. The first-order valence-corrected chi connectivity index (χ1v) is 11.6. The summed E-state index contributed by atoms with van der Waals surface area (Å²) >= 11 is 0. The molecule has 14 heteroatoms. The molecular formula is C24H20F2N8O4. The standard InChI is InChI=1S/C24H20F2N8O4/c25-14-3-1-13(2-4-14)18(10-35)29-21-16(22-32-28-11-38-22)9-27-24(31-21)30-17-6-5-15-20(19(17)26)34-12-37-8-7-33(34)23(15)36/h1-6,9,11,18,35H,7-8,10,12H2,(H2,27,29,30,31)/t18-/m1/s1. The Balaban J connectivity index is 1.38. The van der Waals surface area contributed by atoms with Crippen molar-refractivity contribution in [3.05, 3.63) is 76.5 Å². The molecule has 1 aliphatic heterocycles. The number of aliphatic hydroxyl groups excluding tert-OH is 1. The smallest absolute Gasteiger partial charge is 0.274 e. The molecule has 2 aromatic carbocycles. The van der Waals surface area contributed by atoms with Crippen LogP contribution in [0.2, 0.25) is 0 Å². The van der Waals surface area contributed by atoms with Crippen LogP contribution < -0.4 is 16.2 Å². The molecule has 0 spiro atoms. The molecule has 1 atom stereocenters. The number of benzene rings is 2. The topological polar surface area (TPSA) is 145 Å². The Hall–Kier alpha value is -4.69. The molecule has 0 unspecified atom stereocenters. The van der Waals surface area contributed by atoms with Crippen LogP contribution in [-0.2, 0) is 18.0 Å². The monoisotopic (exact) mass is 522 g/mol. The van der Waals surface area contributed by atoms with Gasteiger partial charge in [-0.05, 0) is 29.8 Å². The van der Waals surface area contributed by atoms with Gasteiger partial charge in [0.05, 0.1) is 42.4 Å². The molecular weight excluding hydrogens is 502 g/mol. The van der Waals surface area contributed by atoms with E-state index < -0.39 is 17.7 Å². The van der Waals surface area contributed by atoms with Gasteiger partial charge in [0.25, 0.3) is 11.4 Å². The summed E-state index contributed by atoms with van der Waals surface area (Å²) in [6.45, 7) is 0.398. The molecule has 0 fully saturated rings. The largest absolute Gasteiger partial charge is 0.423 e. The van der Waals surface area contributed by atoms with Gasteiger partial charge in [0.15, 0.2) is 5.82 Å². The highest BCUT2D eigenvalue weighted by Crippen LogP contribution is 2.31. The minimum Gasteiger partial charge on any atom is -0.423 e. The van der Waals surface area contributed by atoms with Crippen molar-refractivity contribution in [2.75, 3.05) is 23.8 Å². The number of hydrogen-bond acceptors (Lipinski definition) is 10. The molecule has 6 rings (SSSR count). The average Bonchev–Trinajstić information content (AvgIpc) is 3.57. The second-order valence-electron chi connectivity index (χ2n) is 8.44. The Morgan fingerprint density at radius 3 is 2.74 bits per heavy atom. The minimum absolute atomic E-state index is 0.0153. The van der Waals surface area contributed by atoms with Crippen LogP contribution in [0.4, 0.5) is 26.2 Å². The van der Waals surface area contributed by atoms with Crippen LogP contribution in [-0.4, -0.2) is 47.8 Å². The first-order chi connectivity index (χ1) is 18.5. The molecule has 38 heavy (non-hydrogen) atoms. The molecule has 0 radical (unpaired) electrons. The lowest BCUT2D eigenvalue weighted by Crippen LogP contribution is -2.30. The van der Waals surface area contributed by atoms with Gasteiger partial charge in [-0.1, -0.05) is 12.1 Å². The summed E-state index contributed by atoms with van der Waals surface area (Å²) in [5.74, 6) is -0.753. The predicted molar refractivity (Wildman–Crippen MR) is 131 cm³/mol. The third-order valence-electron chi connectivity index (χ3n) is 6.18. The molecule has 5 aromatic rings. The Kier molecular flexibility index (Phi) is 6.01. The molecule has 1 aliphatic rings. The number of rotatable bonds is 7. The van der Waals surface area contributed by atoms with Gasteiger partial charge >= 0.3 is 0 Å². The highest BCUT2D eigenvalue weighted by Gasteiger charge is 2.23. The number of nitrogens with one attached hydrogen (secondary N) is 2. The van der Waals surface area contributed by atoms with Crippen LogP contribution in [0, 0.1) is 11.6 Å². The van der Waals surface area contributed by atoms with Crippen molar-refractivity contribution in [3.63, 3.8) is 0 Å². The Bertz CT molecular complexity index is 1670. The van der Waals surface area contributed by atoms with Crippen LogP contribution in [0.1, 0.15) is 11.6 Å². The van der Waals surface area contributed by atoms with E-state index in [0.29, 0.717) is 24.3 Å². The molecule has 3 N–H and O–H groups in total. The van der Waals surface area contributed by atoms with E-state index in [9.17, 15) is 14.3 Å². The third kappa shape index (κ3) is 4.14. The van der Waals surface area contributed by atoms with E-state index in [4.69, 9.17) is 9.15 Å². The van der Waals surface area contributed by atoms with Crippen molar-refractivity contribution < 1.29 is 23.0 Å². The van der Waals surface area contributed by atoms with E-state index in [1.54, 1.807) is 0 Å². The summed E-state index contributed by atoms with van der Waals surface area (Å²) in [5.41, 5.74) is 0.780. The van der Waals surface area contributed by atoms with E-state index in [-0.39, 0.29) is 53.1 Å². The number of aromatic nitrogens is 6. The van der Waals surface area contributed by atoms with Crippen LogP contribution in [0.5, 0.6) is 0 Å². The summed E-state index contributed by atoms with van der Waals surface area (Å²) in [5, 5.41) is 23.8. The summed E-state index contributed by atoms with van der Waals surface area (Å²) in [6, 6.07) is 7.92. The number of nitrogens with zero attached hydrogens (tertiary/aromatic N) is 6. The molecule has 12 nitrogen and oxygen atoms in total. The fourth-order valence-electron chi connectivity index (χ4n) is 4.33. The fourth-order valence-corrected chi connectivity index (χ4v) is 4.33. The van der Waals surface area contributed by atoms with Crippen molar-refractivity contribution in [1.82, 2.24) is 29.5 Å². The first-order valence-electron chi connectivity index (χ1n) is 11.6. The lowest BCUT2D eigenvalue weighted by molar-refractivity contribution is 0.0176. The number of halogens is 2. The third-order valence-corrected chi connectivity index (χ3v) is 6.18. The molecule has 3 aromatic heterocycles. The van der Waals surface area contributed by atoms with Gasteiger partial charge in [0, 0.05) is 6.20 Å². The SMILES string of the molecule is O=c1c2ccc(Nc3ncc(-c4nnco4)c(N[C@H](CO)c4ccc(F)cc4)n3)c(F)c2n2n1CCOC2. The van der Waals surface area contributed by atoms with Crippen LogP contribution in [0.3, 0.4) is 0 Å². The second-order valence-corrected chi connectivity index (χ2v) is 8.44. The van der Waals surface area contributed by atoms with Gasteiger partial charge < -0.3 is 24.9 Å². The quantitative estimate of drug-likeness (QED) is 0.292. The number of aliphatic hydroxyl groups is 1. The fraction of sp³-hybridized carbons (Fsp3) is 0.208. The summed E-state index contributed by atoms with van der Waals surface area (Å²) in [4.78, 5) is 21.4. The van der Waals surface area contributed by atoms with E-state index >= 15 is 4.39 Å². The van der Waals surface area contributed by atoms with Crippen LogP contribution >= 0.6 is 0 Å². The molecule has 0 saturated carbocycles. The van der Waals surface area contributed by atoms with E-state index in [1.807, 2.05) is 0 Å². The maximum Gasteiger partial charge on any atom is 0.274 e. The zero-order valence-corrected chi connectivity index (χ0v) is 19.6. The Morgan fingerprint density at radius 2 is 1.97 bits per heavy atom. The van der Waals surface area contributed by atoms with Crippen LogP contribution in [0.25, 0.3) is 22.4 Å². The second kappa shape index (κ2) is 9.64. The number of fused-ring (bicyclic) bond motifs is 3. The van der Waals surface area contributed by atoms with Gasteiger partial charge in [0.1, 0.15) is 23.9 Å². The van der Waals surface area contributed by atoms with Crippen molar-refractivity contribution in [2.45, 2.75) is 19.3 Å². The summed E-state index contributed by atoms with van der Waals surface area (Å²) in [7, 11) is 0. The minimum atomic E-state index is -0.673. The highest BCUT2D eigenvalue weighted by molar-refractivity contribution is 5.84. The first kappa shape index (κ1) is 23.7. The Labute approximate surface area is 212 Å². The van der Waals surface area contributed by atoms with Gasteiger partial charge in [-0.2, -0.15) is 4.98 Å². The van der Waals surface area contributed by atoms with Gasteiger partial charge in [-0.15, -0.1) is 10.2 Å². The van der Waals surface area contributed by atoms with Gasteiger partial charge in [0.2, 0.25) is 12.3 Å². The predicted octanol–water partition coefficient (Wildman–Crippen LogP) is 2.80. The average molecular weight is 522 g/mol. The lowest BCUT2D eigenvalue weighted by atomic mass is 10.1. The van der Waals surface area contributed by atoms with Gasteiger partial charge in [-0.3, -0.25) is 9.48 Å². The summed E-state index contributed by atoms with van der Waals surface area (Å²) < 4.78 is 42.6. The highest BCUT2D eigenvalue weighted by atomic mass is 19.1. The zero-order chi connectivity index (χ0) is 26.2. The van der Waals surface area contributed by atoms with E-state index in [0.717, 1.165) is 6.39 Å². The summed E-state index contributed by atoms with van der Waals surface area (Å²) in [6.07, 6.45) is 2.54. The molecule has 194 valence electrons. The normalized spacial score (nSPS) is 13.9. The number of hydrogen-bond donors (Lipinski definition) is 3. The van der Waals surface area contributed by atoms with Crippen molar-refractivity contribution in [1.29, 1.82) is 0 Å². The van der Waals surface area contributed by atoms with Crippen molar-refractivity contribution in [3.8, 4) is 11.5 Å². The molecule has 0 aliphatic carbocycles. The Morgan fingerprint density at radius 1 is 1.13 bits per heavy atom. The molecule has 0 saturated heterocycles. The van der Waals surface area contributed by atoms with E-state index in [2.05, 4.69) is 30.8 Å². The van der Waals surface area contributed by atoms with Crippen LogP contribution in [0.15, 0.2) is 58.2 Å². The van der Waals surface area contributed by atoms with Crippen molar-refractivity contribution in [2.24, 2.45) is 0 Å². The van der Waals surface area contributed by atoms with Gasteiger partial charge in [-0.25, -0.2) is 18.4 Å². The molecule has 0 amide bonds. The van der Waals surface area contributed by atoms with E-state index in [1.165, 1.54) is 52.0 Å². The molecule has 0 bridgehead atoms. The number of anilines is 3. The maximum absolute atomic E-state index is 15.6. The number of ether oxygens (including phenoxy) is 1. The van der Waals surface area contributed by atoms with Crippen molar-refractivity contribution >= 4 is 28.4 Å². The lowest BCUT2D eigenvalue weighted by Gasteiger charge is -2.19.